The highest BCUT2D eigenvalue weighted by Crippen LogP contribution is 2.28. The molecule has 1 aromatic rings. The van der Waals surface area contributed by atoms with Crippen molar-refractivity contribution in [3.05, 3.63) is 18.2 Å². The molecule has 0 bridgehead atoms. The van der Waals surface area contributed by atoms with Gasteiger partial charge in [-0.05, 0) is 31.0 Å². The lowest BCUT2D eigenvalue weighted by atomic mass is 10.3. The van der Waals surface area contributed by atoms with Gasteiger partial charge in [-0.3, -0.25) is 10.1 Å². The number of rotatable bonds is 7. The summed E-state index contributed by atoms with van der Waals surface area (Å²) in [6.07, 6.45) is 1.84. The van der Waals surface area contributed by atoms with Crippen molar-refractivity contribution in [1.82, 2.24) is 14.9 Å². The van der Waals surface area contributed by atoms with E-state index in [-0.39, 0.29) is 17.5 Å². The standard InChI is InChI=1S/C15H22N4O5S/c1-19(2)25(22,23)11-6-7-13(24-3)12(8-11)16-9-14(20)18-15(21)17-10-4-5-10/h6-8,10,16H,4-5,9H2,1-3H3,(H2,17,18,20,21). The van der Waals surface area contributed by atoms with E-state index in [1.807, 2.05) is 0 Å². The molecule has 1 saturated carbocycles. The predicted octanol–water partition coefficient (Wildman–Crippen LogP) is 0.346. The van der Waals surface area contributed by atoms with Crippen molar-refractivity contribution >= 4 is 27.6 Å². The summed E-state index contributed by atoms with van der Waals surface area (Å²) in [6.45, 7) is -0.208. The van der Waals surface area contributed by atoms with Gasteiger partial charge in [0.25, 0.3) is 0 Å². The number of hydrogen-bond acceptors (Lipinski definition) is 6. The molecule has 10 heteroatoms. The summed E-state index contributed by atoms with van der Waals surface area (Å²) in [6, 6.07) is 3.91. The van der Waals surface area contributed by atoms with Gasteiger partial charge in [-0.15, -0.1) is 0 Å². The lowest BCUT2D eigenvalue weighted by Crippen LogP contribution is -2.42. The highest BCUT2D eigenvalue weighted by atomic mass is 32.2. The third-order valence-electron chi connectivity index (χ3n) is 3.55. The maximum absolute atomic E-state index is 12.2. The lowest BCUT2D eigenvalue weighted by molar-refractivity contribution is -0.118. The van der Waals surface area contributed by atoms with E-state index in [4.69, 9.17) is 4.74 Å². The number of nitrogens with one attached hydrogen (secondary N) is 3. The Balaban J connectivity index is 2.04. The highest BCUT2D eigenvalue weighted by molar-refractivity contribution is 7.89. The summed E-state index contributed by atoms with van der Waals surface area (Å²) in [5.74, 6) is -0.158. The molecule has 0 radical (unpaired) electrons. The van der Waals surface area contributed by atoms with Crippen molar-refractivity contribution in [2.45, 2.75) is 23.8 Å². The molecule has 1 aromatic carbocycles. The van der Waals surface area contributed by atoms with Crippen molar-refractivity contribution < 1.29 is 22.7 Å². The second kappa shape index (κ2) is 7.70. The Labute approximate surface area is 146 Å². The van der Waals surface area contributed by atoms with Crippen LogP contribution in [0.5, 0.6) is 5.75 Å². The largest absolute Gasteiger partial charge is 0.495 e. The third-order valence-corrected chi connectivity index (χ3v) is 5.37. The minimum absolute atomic E-state index is 0.0627. The summed E-state index contributed by atoms with van der Waals surface area (Å²) in [4.78, 5) is 23.4. The average molecular weight is 370 g/mol. The molecule has 138 valence electrons. The number of amides is 3. The molecule has 0 unspecified atom stereocenters. The minimum atomic E-state index is -3.62. The second-order valence-corrected chi connectivity index (χ2v) is 7.95. The molecule has 0 atom stereocenters. The molecule has 25 heavy (non-hydrogen) atoms. The molecule has 0 aliphatic heterocycles. The predicted molar refractivity (Wildman–Crippen MR) is 92.1 cm³/mol. The lowest BCUT2D eigenvalue weighted by Gasteiger charge is -2.15. The SMILES string of the molecule is COc1ccc(S(=O)(=O)N(C)C)cc1NCC(=O)NC(=O)NC1CC1. The molecule has 1 aliphatic carbocycles. The highest BCUT2D eigenvalue weighted by Gasteiger charge is 2.24. The number of anilines is 1. The van der Waals surface area contributed by atoms with Gasteiger partial charge in [0.15, 0.2) is 0 Å². The zero-order valence-corrected chi connectivity index (χ0v) is 15.1. The molecule has 3 N–H and O–H groups in total. The van der Waals surface area contributed by atoms with Crippen LogP contribution < -0.4 is 20.7 Å². The van der Waals surface area contributed by atoms with Crippen molar-refractivity contribution in [3.8, 4) is 5.75 Å². The number of carbonyl (C=O) groups excluding carboxylic acids is 2. The number of sulfonamides is 1. The van der Waals surface area contributed by atoms with E-state index in [1.165, 1.54) is 39.4 Å². The number of methoxy groups -OCH3 is 1. The van der Waals surface area contributed by atoms with Crippen LogP contribution in [0.2, 0.25) is 0 Å². The Bertz CT molecular complexity index is 759. The van der Waals surface area contributed by atoms with Gasteiger partial charge in [-0.25, -0.2) is 17.5 Å². The van der Waals surface area contributed by atoms with Gasteiger partial charge in [-0.1, -0.05) is 0 Å². The molecule has 0 aromatic heterocycles. The van der Waals surface area contributed by atoms with Crippen LogP contribution in [0.4, 0.5) is 10.5 Å². The number of ether oxygens (including phenoxy) is 1. The van der Waals surface area contributed by atoms with E-state index in [0.717, 1.165) is 17.1 Å². The monoisotopic (exact) mass is 370 g/mol. The van der Waals surface area contributed by atoms with E-state index >= 15 is 0 Å². The first-order chi connectivity index (χ1) is 11.7. The van der Waals surface area contributed by atoms with E-state index < -0.39 is 22.0 Å². The molecule has 3 amide bonds. The third kappa shape index (κ3) is 5.07. The van der Waals surface area contributed by atoms with Crippen LogP contribution in [0, 0.1) is 0 Å². The summed E-state index contributed by atoms with van der Waals surface area (Å²) in [7, 11) is 0.677. The van der Waals surface area contributed by atoms with Crippen LogP contribution >= 0.6 is 0 Å². The van der Waals surface area contributed by atoms with Crippen molar-refractivity contribution in [2.24, 2.45) is 0 Å². The normalized spacial score (nSPS) is 14.1. The van der Waals surface area contributed by atoms with Crippen molar-refractivity contribution in [3.63, 3.8) is 0 Å². The molecule has 1 fully saturated rings. The first kappa shape index (κ1) is 19.0. The Kier molecular flexibility index (Phi) is 5.85. The zero-order chi connectivity index (χ0) is 18.6. The van der Waals surface area contributed by atoms with Crippen LogP contribution in [0.15, 0.2) is 23.1 Å². The quantitative estimate of drug-likeness (QED) is 0.637. The van der Waals surface area contributed by atoms with Gasteiger partial charge in [0.05, 0.1) is 24.2 Å². The summed E-state index contributed by atoms with van der Waals surface area (Å²) >= 11 is 0. The van der Waals surface area contributed by atoms with E-state index in [1.54, 1.807) is 0 Å². The van der Waals surface area contributed by atoms with Crippen molar-refractivity contribution in [1.29, 1.82) is 0 Å². The van der Waals surface area contributed by atoms with Crippen LogP contribution in [0.1, 0.15) is 12.8 Å². The smallest absolute Gasteiger partial charge is 0.321 e. The maximum Gasteiger partial charge on any atom is 0.321 e. The summed E-state index contributed by atoms with van der Waals surface area (Å²) in [5.41, 5.74) is 0.336. The summed E-state index contributed by atoms with van der Waals surface area (Å²) in [5, 5.41) is 7.63. The molecule has 0 spiro atoms. The van der Waals surface area contributed by atoms with Gasteiger partial charge in [0, 0.05) is 20.1 Å². The number of benzene rings is 1. The zero-order valence-electron chi connectivity index (χ0n) is 14.3. The molecule has 1 aliphatic rings. The maximum atomic E-state index is 12.2. The number of nitrogens with zero attached hydrogens (tertiary/aromatic N) is 1. The Morgan fingerprint density at radius 2 is 1.96 bits per heavy atom. The molecule has 0 saturated heterocycles. The molecule has 9 nitrogen and oxygen atoms in total. The van der Waals surface area contributed by atoms with E-state index in [0.29, 0.717) is 11.4 Å². The number of carbonyl (C=O) groups is 2. The first-order valence-electron chi connectivity index (χ1n) is 7.69. The van der Waals surface area contributed by atoms with E-state index in [2.05, 4.69) is 16.0 Å². The molecule has 2 rings (SSSR count). The second-order valence-electron chi connectivity index (χ2n) is 5.80. The van der Waals surface area contributed by atoms with E-state index in [9.17, 15) is 18.0 Å². The van der Waals surface area contributed by atoms with Gasteiger partial charge in [0.2, 0.25) is 15.9 Å². The minimum Gasteiger partial charge on any atom is -0.495 e. The van der Waals surface area contributed by atoms with Gasteiger partial charge in [0.1, 0.15) is 5.75 Å². The topological polar surface area (TPSA) is 117 Å². The number of hydrogen-bond donors (Lipinski definition) is 3. The molecule has 0 heterocycles. The van der Waals surface area contributed by atoms with Gasteiger partial charge < -0.3 is 15.4 Å². The number of urea groups is 1. The average Bonchev–Trinajstić information content (AvgIpc) is 3.36. The molecular formula is C15H22N4O5S. The fourth-order valence-corrected chi connectivity index (χ4v) is 2.92. The van der Waals surface area contributed by atoms with Gasteiger partial charge in [-0.2, -0.15) is 0 Å². The van der Waals surface area contributed by atoms with Crippen LogP contribution in [-0.2, 0) is 14.8 Å². The Hall–Kier alpha value is -2.33. The fourth-order valence-electron chi connectivity index (χ4n) is 1.99. The van der Waals surface area contributed by atoms with Crippen LogP contribution in [0.25, 0.3) is 0 Å². The molecular weight excluding hydrogens is 348 g/mol. The first-order valence-corrected chi connectivity index (χ1v) is 9.13. The van der Waals surface area contributed by atoms with Crippen LogP contribution in [0.3, 0.4) is 0 Å². The van der Waals surface area contributed by atoms with Gasteiger partial charge >= 0.3 is 6.03 Å². The Morgan fingerprint density at radius 1 is 1.28 bits per heavy atom. The van der Waals surface area contributed by atoms with Crippen LogP contribution in [-0.4, -0.2) is 58.5 Å². The fraction of sp³-hybridized carbons (Fsp3) is 0.467. The number of imide groups is 1. The Morgan fingerprint density at radius 3 is 2.52 bits per heavy atom. The van der Waals surface area contributed by atoms with Crippen molar-refractivity contribution in [2.75, 3.05) is 33.1 Å². The summed E-state index contributed by atoms with van der Waals surface area (Å²) < 4.78 is 30.7.